The fourth-order valence-electron chi connectivity index (χ4n) is 3.09. The summed E-state index contributed by atoms with van der Waals surface area (Å²) in [5.41, 5.74) is 0. The smallest absolute Gasteiger partial charge is 0.188 e. The highest BCUT2D eigenvalue weighted by molar-refractivity contribution is 5.76. The molecule has 0 heterocycles. The Hall–Kier alpha value is -0.770. The molecule has 24 heavy (non-hydrogen) atoms. The number of guanidine groups is 1. The first-order valence-corrected chi connectivity index (χ1v) is 10.5. The normalized spacial score (nSPS) is 13.5. The molecular weight excluding hydrogens is 296 g/mol. The average molecular weight is 341 g/mol. The van der Waals surface area contributed by atoms with E-state index in [-0.39, 0.29) is 0 Å². The van der Waals surface area contributed by atoms with E-state index in [9.17, 15) is 0 Å². The first-order valence-electron chi connectivity index (χ1n) is 10.5. The second-order valence-electron chi connectivity index (χ2n) is 7.01. The van der Waals surface area contributed by atoms with Crippen LogP contribution in [-0.2, 0) is 0 Å². The van der Waals surface area contributed by atoms with Gasteiger partial charge in [0.2, 0.25) is 0 Å². The van der Waals surface area contributed by atoms with Gasteiger partial charge in [-0.2, -0.15) is 0 Å². The first kappa shape index (κ1) is 23.2. The number of rotatable bonds is 16. The molecule has 0 aliphatic carbocycles. The highest BCUT2D eigenvalue weighted by Gasteiger charge is 2.05. The lowest BCUT2D eigenvalue weighted by Crippen LogP contribution is -2.39. The fraction of sp³-hybridized carbons (Fsp3) is 0.950. The molecule has 0 saturated carbocycles. The second kappa shape index (κ2) is 17.1. The van der Waals surface area contributed by atoms with Gasteiger partial charge in [0, 0.05) is 19.1 Å². The predicted molar refractivity (Wildman–Crippen MR) is 108 cm³/mol. The maximum atomic E-state index is 7.91. The van der Waals surface area contributed by atoms with Crippen molar-refractivity contribution in [1.29, 1.82) is 5.41 Å². The van der Waals surface area contributed by atoms with Gasteiger partial charge in [0.15, 0.2) is 5.96 Å². The van der Waals surface area contributed by atoms with E-state index in [4.69, 9.17) is 5.41 Å². The quantitative estimate of drug-likeness (QED) is 0.188. The molecule has 0 fully saturated rings. The van der Waals surface area contributed by atoms with Gasteiger partial charge in [0.05, 0.1) is 0 Å². The van der Waals surface area contributed by atoms with Gasteiger partial charge in [-0.3, -0.25) is 5.41 Å². The van der Waals surface area contributed by atoms with Crippen molar-refractivity contribution in [3.05, 3.63) is 0 Å². The SMILES string of the molecule is CCCC(CC)CNC(=N)NCCCCCCNC(CC)CCC. The third kappa shape index (κ3) is 13.6. The minimum Gasteiger partial charge on any atom is -0.357 e. The van der Waals surface area contributed by atoms with Crippen molar-refractivity contribution in [2.75, 3.05) is 19.6 Å². The lowest BCUT2D eigenvalue weighted by molar-refractivity contribution is 0.450. The van der Waals surface area contributed by atoms with Crippen LogP contribution < -0.4 is 16.0 Å². The van der Waals surface area contributed by atoms with Crippen molar-refractivity contribution >= 4 is 5.96 Å². The molecule has 0 radical (unpaired) electrons. The highest BCUT2D eigenvalue weighted by Crippen LogP contribution is 2.08. The van der Waals surface area contributed by atoms with Crippen LogP contribution in [-0.4, -0.2) is 31.6 Å². The number of hydrogen-bond acceptors (Lipinski definition) is 2. The molecule has 4 nitrogen and oxygen atoms in total. The molecule has 0 aliphatic heterocycles. The van der Waals surface area contributed by atoms with Crippen LogP contribution in [0.25, 0.3) is 0 Å². The minimum atomic E-state index is 0.497. The standard InChI is InChI=1S/C20H44N4/c1-5-13-18(7-3)17-24-20(21)23-16-12-10-9-11-15-22-19(8-4)14-6-2/h18-19,22H,5-17H2,1-4H3,(H3,21,23,24). The molecule has 4 heteroatoms. The lowest BCUT2D eigenvalue weighted by Gasteiger charge is -2.17. The third-order valence-corrected chi connectivity index (χ3v) is 4.81. The zero-order valence-electron chi connectivity index (χ0n) is 16.8. The Balaban J connectivity index is 3.44. The van der Waals surface area contributed by atoms with Crippen LogP contribution in [0.15, 0.2) is 0 Å². The molecule has 0 rings (SSSR count). The van der Waals surface area contributed by atoms with Crippen LogP contribution in [0.4, 0.5) is 0 Å². The van der Waals surface area contributed by atoms with E-state index < -0.39 is 0 Å². The summed E-state index contributed by atoms with van der Waals surface area (Å²) in [6.07, 6.45) is 12.4. The Morgan fingerprint density at radius 2 is 1.46 bits per heavy atom. The third-order valence-electron chi connectivity index (χ3n) is 4.81. The van der Waals surface area contributed by atoms with E-state index in [2.05, 4.69) is 43.6 Å². The summed E-state index contributed by atoms with van der Waals surface area (Å²) < 4.78 is 0. The van der Waals surface area contributed by atoms with Crippen molar-refractivity contribution in [2.24, 2.45) is 5.92 Å². The van der Waals surface area contributed by atoms with Gasteiger partial charge in [-0.1, -0.05) is 59.8 Å². The Morgan fingerprint density at radius 3 is 2.04 bits per heavy atom. The van der Waals surface area contributed by atoms with Crippen molar-refractivity contribution in [2.45, 2.75) is 97.9 Å². The van der Waals surface area contributed by atoms with E-state index in [0.717, 1.165) is 26.1 Å². The summed E-state index contributed by atoms with van der Waals surface area (Å²) in [5, 5.41) is 18.0. The van der Waals surface area contributed by atoms with Gasteiger partial charge in [0.1, 0.15) is 0 Å². The highest BCUT2D eigenvalue weighted by atomic mass is 15.1. The summed E-state index contributed by atoms with van der Waals surface area (Å²) in [4.78, 5) is 0. The lowest BCUT2D eigenvalue weighted by atomic mass is 10.0. The molecule has 0 aromatic rings. The molecular formula is C20H44N4. The Kier molecular flexibility index (Phi) is 16.5. The van der Waals surface area contributed by atoms with Crippen LogP contribution in [0.1, 0.15) is 91.9 Å². The van der Waals surface area contributed by atoms with Gasteiger partial charge in [0.25, 0.3) is 0 Å². The number of nitrogens with one attached hydrogen (secondary N) is 4. The zero-order valence-corrected chi connectivity index (χ0v) is 16.8. The Morgan fingerprint density at radius 1 is 0.792 bits per heavy atom. The molecule has 144 valence electrons. The largest absolute Gasteiger partial charge is 0.357 e. The molecule has 0 aromatic heterocycles. The van der Waals surface area contributed by atoms with Crippen LogP contribution in [0.5, 0.6) is 0 Å². The second-order valence-corrected chi connectivity index (χ2v) is 7.01. The zero-order chi connectivity index (χ0) is 18.0. The van der Waals surface area contributed by atoms with Gasteiger partial charge < -0.3 is 16.0 Å². The van der Waals surface area contributed by atoms with Crippen LogP contribution in [0.3, 0.4) is 0 Å². The van der Waals surface area contributed by atoms with Crippen LogP contribution in [0.2, 0.25) is 0 Å². The van der Waals surface area contributed by atoms with E-state index in [1.165, 1.54) is 57.8 Å². The van der Waals surface area contributed by atoms with Crippen LogP contribution >= 0.6 is 0 Å². The van der Waals surface area contributed by atoms with Crippen molar-refractivity contribution < 1.29 is 0 Å². The summed E-state index contributed by atoms with van der Waals surface area (Å²) in [6, 6.07) is 0.711. The molecule has 2 atom stereocenters. The van der Waals surface area contributed by atoms with Crippen LogP contribution in [0, 0.1) is 11.3 Å². The van der Waals surface area contributed by atoms with Crippen molar-refractivity contribution in [3.8, 4) is 0 Å². The summed E-state index contributed by atoms with van der Waals surface area (Å²) in [7, 11) is 0. The van der Waals surface area contributed by atoms with E-state index >= 15 is 0 Å². The summed E-state index contributed by atoms with van der Waals surface area (Å²) >= 11 is 0. The Labute approximate surface area is 151 Å². The predicted octanol–water partition coefficient (Wildman–Crippen LogP) is 4.66. The number of unbranched alkanes of at least 4 members (excludes halogenated alkanes) is 3. The van der Waals surface area contributed by atoms with Crippen molar-refractivity contribution in [3.63, 3.8) is 0 Å². The van der Waals surface area contributed by atoms with Gasteiger partial charge >= 0.3 is 0 Å². The minimum absolute atomic E-state index is 0.497. The monoisotopic (exact) mass is 340 g/mol. The molecule has 2 unspecified atom stereocenters. The van der Waals surface area contributed by atoms with E-state index in [1.54, 1.807) is 0 Å². The maximum absolute atomic E-state index is 7.91. The van der Waals surface area contributed by atoms with Gasteiger partial charge in [-0.15, -0.1) is 0 Å². The molecule has 0 amide bonds. The summed E-state index contributed by atoms with van der Waals surface area (Å²) in [5.74, 6) is 1.20. The average Bonchev–Trinajstić information content (AvgIpc) is 2.59. The van der Waals surface area contributed by atoms with Gasteiger partial charge in [-0.05, 0) is 44.6 Å². The van der Waals surface area contributed by atoms with Gasteiger partial charge in [-0.25, -0.2) is 0 Å². The Bertz CT molecular complexity index is 281. The summed E-state index contributed by atoms with van der Waals surface area (Å²) in [6.45, 7) is 12.0. The molecule has 0 bridgehead atoms. The number of hydrogen-bond donors (Lipinski definition) is 4. The molecule has 0 spiro atoms. The van der Waals surface area contributed by atoms with E-state index in [0.29, 0.717) is 17.9 Å². The molecule has 4 N–H and O–H groups in total. The maximum Gasteiger partial charge on any atom is 0.188 e. The first-order chi connectivity index (χ1) is 11.7. The topological polar surface area (TPSA) is 59.9 Å². The van der Waals surface area contributed by atoms with E-state index in [1.807, 2.05) is 0 Å². The fourth-order valence-corrected chi connectivity index (χ4v) is 3.09. The molecule has 0 aliphatic rings. The van der Waals surface area contributed by atoms with Crippen molar-refractivity contribution in [1.82, 2.24) is 16.0 Å². The molecule has 0 saturated heterocycles. The molecule has 0 aromatic carbocycles.